The number of benzene rings is 2. The first-order chi connectivity index (χ1) is 10.5. The summed E-state index contributed by atoms with van der Waals surface area (Å²) in [6.07, 6.45) is 0.327. The molecule has 0 aromatic heterocycles. The third-order valence-electron chi connectivity index (χ3n) is 3.97. The molecular formula is C17H14FNO3. The van der Waals surface area contributed by atoms with Gasteiger partial charge in [0.05, 0.1) is 0 Å². The molecular weight excluding hydrogens is 285 g/mol. The van der Waals surface area contributed by atoms with Gasteiger partial charge < -0.3 is 10.4 Å². The number of carboxylic acid groups (broad SMARTS) is 1. The summed E-state index contributed by atoms with van der Waals surface area (Å²) in [6.45, 7) is 0. The second-order valence-electron chi connectivity index (χ2n) is 5.41. The maximum atomic E-state index is 13.2. The first kappa shape index (κ1) is 14.3. The van der Waals surface area contributed by atoms with Crippen LogP contribution < -0.4 is 5.32 Å². The minimum Gasteiger partial charge on any atom is -0.479 e. The third-order valence-corrected chi connectivity index (χ3v) is 3.97. The average Bonchev–Trinajstić information content (AvgIpc) is 3.24. The smallest absolute Gasteiger partial charge is 0.330 e. The Labute approximate surface area is 126 Å². The fourth-order valence-electron chi connectivity index (χ4n) is 2.68. The summed E-state index contributed by atoms with van der Waals surface area (Å²) in [5, 5.41) is 12.1. The van der Waals surface area contributed by atoms with Crippen molar-refractivity contribution in [3.8, 4) is 0 Å². The van der Waals surface area contributed by atoms with Crippen LogP contribution in [0.4, 0.5) is 4.39 Å². The highest BCUT2D eigenvalue weighted by Gasteiger charge is 2.62. The van der Waals surface area contributed by atoms with Crippen LogP contribution in [-0.4, -0.2) is 22.5 Å². The molecule has 2 atom stereocenters. The molecule has 2 unspecified atom stereocenters. The molecule has 0 bridgehead atoms. The quantitative estimate of drug-likeness (QED) is 0.912. The molecule has 0 heterocycles. The topological polar surface area (TPSA) is 66.4 Å². The molecule has 1 saturated carbocycles. The van der Waals surface area contributed by atoms with Crippen LogP contribution in [-0.2, 0) is 4.79 Å². The van der Waals surface area contributed by atoms with Crippen LogP contribution in [0.25, 0.3) is 0 Å². The SMILES string of the molecule is O=C(NC1(C(=O)O)CC1c1ccccc1)c1cccc(F)c1. The van der Waals surface area contributed by atoms with Crippen molar-refractivity contribution in [1.29, 1.82) is 0 Å². The van der Waals surface area contributed by atoms with Crippen molar-refractivity contribution in [2.75, 3.05) is 0 Å². The minimum absolute atomic E-state index is 0.110. The lowest BCUT2D eigenvalue weighted by Crippen LogP contribution is -2.44. The number of rotatable bonds is 4. The summed E-state index contributed by atoms with van der Waals surface area (Å²) in [7, 11) is 0. The lowest BCUT2D eigenvalue weighted by atomic mass is 10.1. The summed E-state index contributed by atoms with van der Waals surface area (Å²) in [4.78, 5) is 23.8. The summed E-state index contributed by atoms with van der Waals surface area (Å²) >= 11 is 0. The van der Waals surface area contributed by atoms with Crippen LogP contribution in [0.2, 0.25) is 0 Å². The normalized spacial score (nSPS) is 22.9. The molecule has 112 valence electrons. The lowest BCUT2D eigenvalue weighted by molar-refractivity contribution is -0.140. The number of nitrogens with one attached hydrogen (secondary N) is 1. The Balaban J connectivity index is 1.83. The highest BCUT2D eigenvalue weighted by Crippen LogP contribution is 2.51. The molecule has 2 aromatic rings. The Morgan fingerprint density at radius 1 is 1.14 bits per heavy atom. The van der Waals surface area contributed by atoms with E-state index in [2.05, 4.69) is 5.32 Å². The molecule has 0 spiro atoms. The summed E-state index contributed by atoms with van der Waals surface area (Å²) < 4.78 is 13.2. The maximum Gasteiger partial charge on any atom is 0.330 e. The molecule has 4 nitrogen and oxygen atoms in total. The number of aliphatic carboxylic acids is 1. The predicted molar refractivity (Wildman–Crippen MR) is 78.0 cm³/mol. The van der Waals surface area contributed by atoms with Gasteiger partial charge in [-0.2, -0.15) is 0 Å². The molecule has 5 heteroatoms. The number of amides is 1. The monoisotopic (exact) mass is 299 g/mol. The van der Waals surface area contributed by atoms with E-state index >= 15 is 0 Å². The van der Waals surface area contributed by atoms with Crippen LogP contribution in [0.3, 0.4) is 0 Å². The van der Waals surface area contributed by atoms with E-state index in [1.54, 1.807) is 0 Å². The fourth-order valence-corrected chi connectivity index (χ4v) is 2.68. The van der Waals surface area contributed by atoms with Gasteiger partial charge in [0.1, 0.15) is 11.4 Å². The van der Waals surface area contributed by atoms with E-state index in [4.69, 9.17) is 0 Å². The summed E-state index contributed by atoms with van der Waals surface area (Å²) in [5.41, 5.74) is -0.339. The molecule has 1 aliphatic carbocycles. The first-order valence-corrected chi connectivity index (χ1v) is 6.89. The maximum absolute atomic E-state index is 13.2. The van der Waals surface area contributed by atoms with E-state index in [0.717, 1.165) is 11.6 Å². The molecule has 3 rings (SSSR count). The Bertz CT molecular complexity index is 732. The van der Waals surface area contributed by atoms with Gasteiger partial charge in [-0.15, -0.1) is 0 Å². The number of hydrogen-bond acceptors (Lipinski definition) is 2. The fraction of sp³-hybridized carbons (Fsp3) is 0.176. The molecule has 2 aromatic carbocycles. The molecule has 22 heavy (non-hydrogen) atoms. The highest BCUT2D eigenvalue weighted by molar-refractivity contribution is 5.99. The van der Waals surface area contributed by atoms with Crippen LogP contribution in [0.15, 0.2) is 54.6 Å². The molecule has 0 aliphatic heterocycles. The number of carboxylic acids is 1. The van der Waals surface area contributed by atoms with Crippen molar-refractivity contribution in [1.82, 2.24) is 5.32 Å². The van der Waals surface area contributed by atoms with Gasteiger partial charge in [0.2, 0.25) is 0 Å². The molecule has 1 fully saturated rings. The molecule has 0 radical (unpaired) electrons. The second-order valence-corrected chi connectivity index (χ2v) is 5.41. The van der Waals surface area contributed by atoms with Gasteiger partial charge in [0.15, 0.2) is 0 Å². The minimum atomic E-state index is -1.31. The van der Waals surface area contributed by atoms with Crippen molar-refractivity contribution in [3.63, 3.8) is 0 Å². The van der Waals surface area contributed by atoms with E-state index < -0.39 is 23.2 Å². The van der Waals surface area contributed by atoms with Gasteiger partial charge >= 0.3 is 5.97 Å². The van der Waals surface area contributed by atoms with Crippen LogP contribution in [0.5, 0.6) is 0 Å². The van der Waals surface area contributed by atoms with Crippen LogP contribution >= 0.6 is 0 Å². The predicted octanol–water partition coefficient (Wildman–Crippen LogP) is 2.57. The number of carbonyl (C=O) groups excluding carboxylic acids is 1. The molecule has 1 aliphatic rings. The molecule has 1 amide bonds. The first-order valence-electron chi connectivity index (χ1n) is 6.89. The van der Waals surface area contributed by atoms with E-state index in [9.17, 15) is 19.1 Å². The number of carbonyl (C=O) groups is 2. The van der Waals surface area contributed by atoms with Gasteiger partial charge in [-0.1, -0.05) is 36.4 Å². The van der Waals surface area contributed by atoms with E-state index in [-0.39, 0.29) is 11.5 Å². The number of hydrogen-bond donors (Lipinski definition) is 2. The zero-order chi connectivity index (χ0) is 15.7. The Kier molecular flexibility index (Phi) is 3.41. The Morgan fingerprint density at radius 2 is 1.86 bits per heavy atom. The van der Waals surface area contributed by atoms with E-state index in [0.29, 0.717) is 6.42 Å². The zero-order valence-electron chi connectivity index (χ0n) is 11.6. The van der Waals surface area contributed by atoms with Crippen molar-refractivity contribution in [2.24, 2.45) is 0 Å². The van der Waals surface area contributed by atoms with Gasteiger partial charge in [0, 0.05) is 11.5 Å². The third kappa shape index (κ3) is 2.45. The lowest BCUT2D eigenvalue weighted by Gasteiger charge is -2.15. The van der Waals surface area contributed by atoms with E-state index in [1.165, 1.54) is 18.2 Å². The average molecular weight is 299 g/mol. The van der Waals surface area contributed by atoms with Gasteiger partial charge in [-0.05, 0) is 30.2 Å². The Morgan fingerprint density at radius 3 is 2.50 bits per heavy atom. The largest absolute Gasteiger partial charge is 0.479 e. The molecule has 0 saturated heterocycles. The standard InChI is InChI=1S/C17H14FNO3/c18-13-8-4-7-12(9-13)15(20)19-17(16(21)22)10-14(17)11-5-2-1-3-6-11/h1-9,14H,10H2,(H,19,20)(H,21,22). The van der Waals surface area contributed by atoms with Crippen LogP contribution in [0, 0.1) is 5.82 Å². The Hall–Kier alpha value is -2.69. The zero-order valence-corrected chi connectivity index (χ0v) is 11.6. The molecule has 2 N–H and O–H groups in total. The van der Waals surface area contributed by atoms with E-state index in [1.807, 2.05) is 30.3 Å². The summed E-state index contributed by atoms with van der Waals surface area (Å²) in [5.74, 6) is -2.47. The second kappa shape index (κ2) is 5.26. The highest BCUT2D eigenvalue weighted by atomic mass is 19.1. The number of halogens is 1. The van der Waals surface area contributed by atoms with Crippen LogP contribution in [0.1, 0.15) is 28.3 Å². The van der Waals surface area contributed by atoms with Gasteiger partial charge in [-0.3, -0.25) is 4.79 Å². The van der Waals surface area contributed by atoms with Gasteiger partial charge in [0.25, 0.3) is 5.91 Å². The van der Waals surface area contributed by atoms with Gasteiger partial charge in [-0.25, -0.2) is 9.18 Å². The summed E-state index contributed by atoms with van der Waals surface area (Å²) in [6, 6.07) is 14.4. The van der Waals surface area contributed by atoms with Crippen molar-refractivity contribution in [2.45, 2.75) is 17.9 Å². The van der Waals surface area contributed by atoms with Crippen molar-refractivity contribution >= 4 is 11.9 Å². The van der Waals surface area contributed by atoms with Crippen molar-refractivity contribution in [3.05, 3.63) is 71.5 Å². The van der Waals surface area contributed by atoms with Crippen molar-refractivity contribution < 1.29 is 19.1 Å².